The van der Waals surface area contributed by atoms with Crippen LogP contribution in [0.15, 0.2) is 5.38 Å². The lowest BCUT2D eigenvalue weighted by molar-refractivity contribution is -0.165. The summed E-state index contributed by atoms with van der Waals surface area (Å²) in [6.45, 7) is 10.4. The highest BCUT2D eigenvalue weighted by molar-refractivity contribution is 7.09. The molecular formula is C16H27NO3S. The Morgan fingerprint density at radius 3 is 2.62 bits per heavy atom. The molecular weight excluding hydrogens is 286 g/mol. The normalized spacial score (nSPS) is 20.4. The van der Waals surface area contributed by atoms with Crippen molar-refractivity contribution in [3.8, 4) is 0 Å². The van der Waals surface area contributed by atoms with Crippen LogP contribution in [0.4, 0.5) is 0 Å². The van der Waals surface area contributed by atoms with Crippen molar-refractivity contribution >= 4 is 11.3 Å². The average Bonchev–Trinajstić information content (AvgIpc) is 2.88. The molecule has 21 heavy (non-hydrogen) atoms. The summed E-state index contributed by atoms with van der Waals surface area (Å²) in [7, 11) is 0. The van der Waals surface area contributed by atoms with E-state index >= 15 is 0 Å². The predicted molar refractivity (Wildman–Crippen MR) is 84.9 cm³/mol. The highest BCUT2D eigenvalue weighted by Crippen LogP contribution is 2.32. The fraction of sp³-hybridized carbons (Fsp3) is 0.812. The highest BCUT2D eigenvalue weighted by atomic mass is 32.1. The van der Waals surface area contributed by atoms with Crippen LogP contribution in [0.25, 0.3) is 0 Å². The van der Waals surface area contributed by atoms with Crippen molar-refractivity contribution in [2.75, 3.05) is 19.8 Å². The van der Waals surface area contributed by atoms with Crippen LogP contribution in [0.1, 0.15) is 51.2 Å². The molecule has 5 heteroatoms. The van der Waals surface area contributed by atoms with E-state index in [9.17, 15) is 5.11 Å². The number of thiazole rings is 1. The zero-order valence-electron chi connectivity index (χ0n) is 13.5. The van der Waals surface area contributed by atoms with Gasteiger partial charge >= 0.3 is 0 Å². The van der Waals surface area contributed by atoms with E-state index in [1.807, 2.05) is 6.92 Å². The number of rotatable bonds is 5. The number of aromatic nitrogens is 1. The Kier molecular flexibility index (Phi) is 5.41. The summed E-state index contributed by atoms with van der Waals surface area (Å²) in [5.74, 6) is 0. The Bertz CT molecular complexity index is 441. The molecule has 0 radical (unpaired) electrons. The van der Waals surface area contributed by atoms with Gasteiger partial charge in [-0.05, 0) is 6.92 Å². The van der Waals surface area contributed by atoms with Crippen LogP contribution >= 0.6 is 11.3 Å². The standard InChI is InChI=1S/C16H27NO3S/c1-5-20-16(6-8-19-9-7-16)13(18)10-14-17-12(11-21-14)15(2,3)4/h11,13,18H,5-10H2,1-4H3. The molecule has 1 unspecified atom stereocenters. The molecule has 2 heterocycles. The Hall–Kier alpha value is -0.490. The van der Waals surface area contributed by atoms with Crippen LogP contribution in [0.2, 0.25) is 0 Å². The third-order valence-corrected chi connectivity index (χ3v) is 4.94. The number of hydrogen-bond acceptors (Lipinski definition) is 5. The van der Waals surface area contributed by atoms with E-state index in [0.29, 0.717) is 26.2 Å². The first-order valence-electron chi connectivity index (χ1n) is 7.72. The zero-order chi connectivity index (χ0) is 15.5. The van der Waals surface area contributed by atoms with E-state index in [4.69, 9.17) is 9.47 Å². The summed E-state index contributed by atoms with van der Waals surface area (Å²) in [5.41, 5.74) is 0.670. The van der Waals surface area contributed by atoms with Crippen molar-refractivity contribution in [1.82, 2.24) is 4.98 Å². The van der Waals surface area contributed by atoms with E-state index in [2.05, 4.69) is 31.1 Å². The predicted octanol–water partition coefficient (Wildman–Crippen LogP) is 2.93. The summed E-state index contributed by atoms with van der Waals surface area (Å²) in [6.07, 6.45) is 1.53. The smallest absolute Gasteiger partial charge is 0.0987 e. The molecule has 1 fully saturated rings. The van der Waals surface area contributed by atoms with Crippen LogP contribution in [0, 0.1) is 0 Å². The van der Waals surface area contributed by atoms with Crippen LogP contribution in [0.3, 0.4) is 0 Å². The first-order chi connectivity index (χ1) is 9.87. The van der Waals surface area contributed by atoms with Crippen LogP contribution < -0.4 is 0 Å². The molecule has 1 aliphatic rings. The SMILES string of the molecule is CCOC1(C(O)Cc2nc(C(C)(C)C)cs2)CCOCC1. The molecule has 1 atom stereocenters. The van der Waals surface area contributed by atoms with Gasteiger partial charge in [0.25, 0.3) is 0 Å². The lowest BCUT2D eigenvalue weighted by Crippen LogP contribution is -2.50. The van der Waals surface area contributed by atoms with E-state index in [1.54, 1.807) is 11.3 Å². The molecule has 1 N–H and O–H groups in total. The van der Waals surface area contributed by atoms with Gasteiger partial charge in [0, 0.05) is 49.9 Å². The summed E-state index contributed by atoms with van der Waals surface area (Å²) in [4.78, 5) is 4.68. The van der Waals surface area contributed by atoms with E-state index in [0.717, 1.165) is 23.5 Å². The fourth-order valence-electron chi connectivity index (χ4n) is 2.68. The summed E-state index contributed by atoms with van der Waals surface area (Å²) < 4.78 is 11.3. The Morgan fingerprint density at radius 1 is 1.43 bits per heavy atom. The quantitative estimate of drug-likeness (QED) is 0.908. The number of ether oxygens (including phenoxy) is 2. The van der Waals surface area contributed by atoms with Crippen molar-refractivity contribution in [3.63, 3.8) is 0 Å². The molecule has 120 valence electrons. The highest BCUT2D eigenvalue weighted by Gasteiger charge is 2.40. The number of aliphatic hydroxyl groups excluding tert-OH is 1. The molecule has 0 saturated carbocycles. The molecule has 4 nitrogen and oxygen atoms in total. The van der Waals surface area contributed by atoms with Gasteiger partial charge in [-0.2, -0.15) is 0 Å². The third-order valence-electron chi connectivity index (χ3n) is 4.07. The maximum Gasteiger partial charge on any atom is 0.0987 e. The summed E-state index contributed by atoms with van der Waals surface area (Å²) in [5, 5.41) is 13.8. The lowest BCUT2D eigenvalue weighted by Gasteiger charge is -2.40. The number of aliphatic hydroxyl groups is 1. The fourth-order valence-corrected chi connectivity index (χ4v) is 3.74. The van der Waals surface area contributed by atoms with Gasteiger partial charge in [0.05, 0.1) is 22.4 Å². The monoisotopic (exact) mass is 313 g/mol. The van der Waals surface area contributed by atoms with Crippen molar-refractivity contribution in [2.45, 2.75) is 64.1 Å². The van der Waals surface area contributed by atoms with E-state index in [-0.39, 0.29) is 5.41 Å². The minimum atomic E-state index is -0.527. The minimum Gasteiger partial charge on any atom is -0.390 e. The van der Waals surface area contributed by atoms with Crippen molar-refractivity contribution < 1.29 is 14.6 Å². The molecule has 1 aromatic rings. The molecule has 0 amide bonds. The molecule has 1 aliphatic heterocycles. The second kappa shape index (κ2) is 6.73. The van der Waals surface area contributed by atoms with Crippen LogP contribution in [-0.4, -0.2) is 41.6 Å². The average molecular weight is 313 g/mol. The maximum atomic E-state index is 10.7. The van der Waals surface area contributed by atoms with Crippen molar-refractivity contribution in [2.24, 2.45) is 0 Å². The van der Waals surface area contributed by atoms with Crippen molar-refractivity contribution in [3.05, 3.63) is 16.1 Å². The van der Waals surface area contributed by atoms with E-state index in [1.165, 1.54) is 0 Å². The van der Waals surface area contributed by atoms with Gasteiger partial charge in [-0.1, -0.05) is 20.8 Å². The van der Waals surface area contributed by atoms with Gasteiger partial charge in [0.1, 0.15) is 0 Å². The van der Waals surface area contributed by atoms with Crippen LogP contribution in [0.5, 0.6) is 0 Å². The summed E-state index contributed by atoms with van der Waals surface area (Å²) >= 11 is 1.63. The minimum absolute atomic E-state index is 0.0516. The summed E-state index contributed by atoms with van der Waals surface area (Å²) in [6, 6.07) is 0. The number of hydrogen-bond donors (Lipinski definition) is 1. The lowest BCUT2D eigenvalue weighted by atomic mass is 9.86. The van der Waals surface area contributed by atoms with Gasteiger partial charge in [-0.3, -0.25) is 0 Å². The maximum absolute atomic E-state index is 10.7. The van der Waals surface area contributed by atoms with Gasteiger partial charge < -0.3 is 14.6 Å². The molecule has 0 aromatic carbocycles. The topological polar surface area (TPSA) is 51.6 Å². The third kappa shape index (κ3) is 4.03. The molecule has 2 rings (SSSR count). The van der Waals surface area contributed by atoms with Gasteiger partial charge in [0.2, 0.25) is 0 Å². The first-order valence-corrected chi connectivity index (χ1v) is 8.60. The second-order valence-electron chi connectivity index (χ2n) is 6.71. The van der Waals surface area contributed by atoms with Crippen LogP contribution in [-0.2, 0) is 21.3 Å². The molecule has 0 bridgehead atoms. The Morgan fingerprint density at radius 2 is 2.10 bits per heavy atom. The first kappa shape index (κ1) is 16.9. The largest absolute Gasteiger partial charge is 0.390 e. The van der Waals surface area contributed by atoms with E-state index < -0.39 is 11.7 Å². The Balaban J connectivity index is 2.08. The molecule has 0 spiro atoms. The number of nitrogens with zero attached hydrogens (tertiary/aromatic N) is 1. The van der Waals surface area contributed by atoms with Crippen molar-refractivity contribution in [1.29, 1.82) is 0 Å². The second-order valence-corrected chi connectivity index (χ2v) is 7.65. The van der Waals surface area contributed by atoms with Gasteiger partial charge in [-0.25, -0.2) is 4.98 Å². The molecule has 1 aromatic heterocycles. The van der Waals surface area contributed by atoms with Gasteiger partial charge in [-0.15, -0.1) is 11.3 Å². The molecule has 0 aliphatic carbocycles. The molecule has 1 saturated heterocycles. The zero-order valence-corrected chi connectivity index (χ0v) is 14.3. The Labute approximate surface area is 131 Å². The van der Waals surface area contributed by atoms with Gasteiger partial charge in [0.15, 0.2) is 0 Å².